The number of nitrogens with zero attached hydrogens (tertiary/aromatic N) is 1. The number of anilines is 1. The van der Waals surface area contributed by atoms with Crippen molar-refractivity contribution < 1.29 is 14.2 Å². The molecule has 0 saturated heterocycles. The second kappa shape index (κ2) is 6.64. The van der Waals surface area contributed by atoms with Gasteiger partial charge in [0.1, 0.15) is 13.2 Å². The second-order valence-electron chi connectivity index (χ2n) is 4.43. The maximum atomic E-state index is 5.65. The van der Waals surface area contributed by atoms with Crippen molar-refractivity contribution in [2.75, 3.05) is 38.8 Å². The quantitative estimate of drug-likeness (QED) is 0.817. The number of benzene rings is 1. The molecule has 2 aromatic rings. The van der Waals surface area contributed by atoms with Gasteiger partial charge in [0.2, 0.25) is 0 Å². The van der Waals surface area contributed by atoms with E-state index in [4.69, 9.17) is 14.2 Å². The number of thiazole rings is 1. The van der Waals surface area contributed by atoms with Crippen LogP contribution in [0.1, 0.15) is 0 Å². The van der Waals surface area contributed by atoms with E-state index in [1.165, 1.54) is 0 Å². The molecule has 5 nitrogen and oxygen atoms in total. The van der Waals surface area contributed by atoms with Gasteiger partial charge in [-0.3, -0.25) is 0 Å². The molecule has 0 unspecified atom stereocenters. The Kier molecular flexibility index (Phi) is 4.62. The SMILES string of the molecule is COCCNc1ncc(-c2cc(Br)c3c(c2)OCCO3)s1. The van der Waals surface area contributed by atoms with Gasteiger partial charge < -0.3 is 19.5 Å². The lowest BCUT2D eigenvalue weighted by molar-refractivity contribution is 0.170. The molecule has 1 aromatic heterocycles. The molecule has 1 N–H and O–H groups in total. The number of nitrogens with one attached hydrogen (secondary N) is 1. The summed E-state index contributed by atoms with van der Waals surface area (Å²) in [6.45, 7) is 2.56. The lowest BCUT2D eigenvalue weighted by Gasteiger charge is -2.20. The van der Waals surface area contributed by atoms with Crippen molar-refractivity contribution in [3.05, 3.63) is 22.8 Å². The summed E-state index contributed by atoms with van der Waals surface area (Å²) in [6.07, 6.45) is 1.86. The van der Waals surface area contributed by atoms with Gasteiger partial charge in [0.15, 0.2) is 16.6 Å². The van der Waals surface area contributed by atoms with Gasteiger partial charge in [0.25, 0.3) is 0 Å². The molecule has 0 radical (unpaired) electrons. The summed E-state index contributed by atoms with van der Waals surface area (Å²) >= 11 is 5.14. The monoisotopic (exact) mass is 370 g/mol. The van der Waals surface area contributed by atoms with E-state index < -0.39 is 0 Å². The summed E-state index contributed by atoms with van der Waals surface area (Å²) in [6, 6.07) is 4.02. The molecule has 7 heteroatoms. The Morgan fingerprint density at radius 3 is 3.10 bits per heavy atom. The zero-order valence-corrected chi connectivity index (χ0v) is 13.9. The minimum absolute atomic E-state index is 0.579. The van der Waals surface area contributed by atoms with Gasteiger partial charge in [0, 0.05) is 19.9 Å². The van der Waals surface area contributed by atoms with Crippen molar-refractivity contribution in [3.63, 3.8) is 0 Å². The van der Waals surface area contributed by atoms with Crippen LogP contribution < -0.4 is 14.8 Å². The number of halogens is 1. The normalized spacial score (nSPS) is 13.2. The Morgan fingerprint density at radius 1 is 1.38 bits per heavy atom. The first-order valence-electron chi connectivity index (χ1n) is 6.56. The molecule has 0 spiro atoms. The predicted molar refractivity (Wildman–Crippen MR) is 86.6 cm³/mol. The van der Waals surface area contributed by atoms with E-state index in [-0.39, 0.29) is 0 Å². The Balaban J connectivity index is 1.82. The van der Waals surface area contributed by atoms with E-state index in [1.54, 1.807) is 18.4 Å². The molecule has 2 heterocycles. The fourth-order valence-electron chi connectivity index (χ4n) is 2.00. The largest absolute Gasteiger partial charge is 0.486 e. The molecule has 1 aliphatic rings. The number of fused-ring (bicyclic) bond motifs is 1. The van der Waals surface area contributed by atoms with Gasteiger partial charge in [-0.05, 0) is 33.6 Å². The third kappa shape index (κ3) is 3.30. The maximum absolute atomic E-state index is 5.65. The average molecular weight is 371 g/mol. The highest BCUT2D eigenvalue weighted by molar-refractivity contribution is 9.10. The van der Waals surface area contributed by atoms with E-state index in [2.05, 4.69) is 26.2 Å². The summed E-state index contributed by atoms with van der Waals surface area (Å²) in [4.78, 5) is 5.45. The van der Waals surface area contributed by atoms with Crippen molar-refractivity contribution in [3.8, 4) is 21.9 Å². The average Bonchev–Trinajstić information content (AvgIpc) is 2.96. The smallest absolute Gasteiger partial charge is 0.183 e. The van der Waals surface area contributed by atoms with Gasteiger partial charge in [0.05, 0.1) is 16.0 Å². The highest BCUT2D eigenvalue weighted by Crippen LogP contribution is 2.42. The van der Waals surface area contributed by atoms with E-state index in [0.29, 0.717) is 19.8 Å². The standard InChI is InChI=1S/C14H15BrN2O3S/c1-18-3-2-16-14-17-8-12(21-14)9-6-10(15)13-11(7-9)19-4-5-20-13/h6-8H,2-5H2,1H3,(H,16,17). The number of aromatic nitrogens is 1. The molecule has 1 aliphatic heterocycles. The lowest BCUT2D eigenvalue weighted by atomic mass is 10.2. The van der Waals surface area contributed by atoms with Crippen LogP contribution in [0.15, 0.2) is 22.8 Å². The Labute approximate surface area is 135 Å². The molecule has 3 rings (SSSR count). The summed E-state index contributed by atoms with van der Waals surface area (Å²) in [5.41, 5.74) is 1.06. The minimum Gasteiger partial charge on any atom is -0.486 e. The Hall–Kier alpha value is -1.31. The molecule has 0 amide bonds. The first kappa shape index (κ1) is 14.6. The minimum atomic E-state index is 0.579. The molecule has 21 heavy (non-hydrogen) atoms. The van der Waals surface area contributed by atoms with E-state index in [0.717, 1.165) is 38.1 Å². The third-order valence-corrected chi connectivity index (χ3v) is 4.56. The molecular weight excluding hydrogens is 356 g/mol. The van der Waals surface area contributed by atoms with Crippen LogP contribution in [0.4, 0.5) is 5.13 Å². The first-order chi connectivity index (χ1) is 10.3. The van der Waals surface area contributed by atoms with Crippen LogP contribution in [0.3, 0.4) is 0 Å². The number of methoxy groups -OCH3 is 1. The van der Waals surface area contributed by atoms with Crippen molar-refractivity contribution >= 4 is 32.4 Å². The van der Waals surface area contributed by atoms with Crippen LogP contribution >= 0.6 is 27.3 Å². The van der Waals surface area contributed by atoms with Crippen LogP contribution in [-0.2, 0) is 4.74 Å². The Morgan fingerprint density at radius 2 is 2.24 bits per heavy atom. The molecule has 0 atom stereocenters. The van der Waals surface area contributed by atoms with E-state index in [1.807, 2.05) is 18.3 Å². The summed E-state index contributed by atoms with van der Waals surface area (Å²) in [5.74, 6) is 1.54. The molecule has 112 valence electrons. The van der Waals surface area contributed by atoms with Crippen LogP contribution in [0.5, 0.6) is 11.5 Å². The second-order valence-corrected chi connectivity index (χ2v) is 6.32. The zero-order chi connectivity index (χ0) is 14.7. The van der Waals surface area contributed by atoms with Gasteiger partial charge in [-0.15, -0.1) is 0 Å². The van der Waals surface area contributed by atoms with Crippen LogP contribution in [0.25, 0.3) is 10.4 Å². The molecule has 0 saturated carbocycles. The summed E-state index contributed by atoms with van der Waals surface area (Å²) < 4.78 is 17.2. The Bertz CT molecular complexity index is 633. The summed E-state index contributed by atoms with van der Waals surface area (Å²) in [5, 5.41) is 4.11. The number of hydrogen-bond acceptors (Lipinski definition) is 6. The fourth-order valence-corrected chi connectivity index (χ4v) is 3.39. The first-order valence-corrected chi connectivity index (χ1v) is 8.17. The topological polar surface area (TPSA) is 52.6 Å². The highest BCUT2D eigenvalue weighted by Gasteiger charge is 2.17. The van der Waals surface area contributed by atoms with Gasteiger partial charge >= 0.3 is 0 Å². The number of hydrogen-bond donors (Lipinski definition) is 1. The van der Waals surface area contributed by atoms with Gasteiger partial charge in [-0.25, -0.2) is 4.98 Å². The number of ether oxygens (including phenoxy) is 3. The van der Waals surface area contributed by atoms with Crippen molar-refractivity contribution in [2.24, 2.45) is 0 Å². The van der Waals surface area contributed by atoms with Crippen molar-refractivity contribution in [1.29, 1.82) is 0 Å². The molecular formula is C14H15BrN2O3S. The molecule has 0 fully saturated rings. The van der Waals surface area contributed by atoms with Gasteiger partial charge in [-0.1, -0.05) is 11.3 Å². The van der Waals surface area contributed by atoms with Crippen molar-refractivity contribution in [1.82, 2.24) is 4.98 Å². The molecule has 1 aromatic carbocycles. The highest BCUT2D eigenvalue weighted by atomic mass is 79.9. The maximum Gasteiger partial charge on any atom is 0.183 e. The third-order valence-electron chi connectivity index (χ3n) is 2.97. The zero-order valence-electron chi connectivity index (χ0n) is 11.5. The van der Waals surface area contributed by atoms with E-state index in [9.17, 15) is 0 Å². The van der Waals surface area contributed by atoms with E-state index >= 15 is 0 Å². The fraction of sp³-hybridized carbons (Fsp3) is 0.357. The predicted octanol–water partition coefficient (Wildman–Crippen LogP) is 3.40. The van der Waals surface area contributed by atoms with Crippen LogP contribution in [-0.4, -0.2) is 38.5 Å². The van der Waals surface area contributed by atoms with Crippen molar-refractivity contribution in [2.45, 2.75) is 0 Å². The van der Waals surface area contributed by atoms with Crippen LogP contribution in [0, 0.1) is 0 Å². The molecule has 0 aliphatic carbocycles. The van der Waals surface area contributed by atoms with Gasteiger partial charge in [-0.2, -0.15) is 0 Å². The van der Waals surface area contributed by atoms with Crippen LogP contribution in [0.2, 0.25) is 0 Å². The molecule has 0 bridgehead atoms. The summed E-state index contributed by atoms with van der Waals surface area (Å²) in [7, 11) is 1.68. The number of rotatable bonds is 5. The lowest BCUT2D eigenvalue weighted by Crippen LogP contribution is -2.15.